The molecule has 2 heterocycles. The first-order valence-electron chi connectivity index (χ1n) is 8.12. The van der Waals surface area contributed by atoms with Gasteiger partial charge in [-0.3, -0.25) is 4.99 Å². The van der Waals surface area contributed by atoms with E-state index < -0.39 is 11.9 Å². The lowest BCUT2D eigenvalue weighted by Crippen LogP contribution is -2.23. The second-order valence-electron chi connectivity index (χ2n) is 5.73. The van der Waals surface area contributed by atoms with Crippen LogP contribution in [0.15, 0.2) is 59.6 Å². The first kappa shape index (κ1) is 17.6. The van der Waals surface area contributed by atoms with Gasteiger partial charge in [-0.05, 0) is 16.7 Å². The van der Waals surface area contributed by atoms with Crippen molar-refractivity contribution < 1.29 is 24.5 Å². The van der Waals surface area contributed by atoms with Crippen LogP contribution in [-0.2, 0) is 14.3 Å². The topological polar surface area (TPSA) is 112 Å². The number of ether oxygens (including phenoxy) is 1. The molecule has 7 heteroatoms. The van der Waals surface area contributed by atoms with E-state index in [4.69, 9.17) is 24.5 Å². The summed E-state index contributed by atoms with van der Waals surface area (Å²) in [5.41, 5.74) is 3.73. The van der Waals surface area contributed by atoms with Crippen molar-refractivity contribution in [3.63, 3.8) is 0 Å². The highest BCUT2D eigenvalue weighted by Gasteiger charge is 2.45. The molecule has 0 unspecified atom stereocenters. The molecule has 1 saturated heterocycles. The van der Waals surface area contributed by atoms with Crippen LogP contribution in [0.5, 0.6) is 0 Å². The standard InChI is InChI=1S/C17H16N2O.C2H2O4/c1-2-6-12(7-3-1)13-8-4-5-9-14(13)15-16(20-15)17-18-10-11-19-17;3-1(4)2(5)6/h1-9,15-16H,10-11H2,(H,18,19);(H,3,4)(H,5,6)/t15-,16-;/m0./s1. The predicted molar refractivity (Wildman–Crippen MR) is 95.1 cm³/mol. The summed E-state index contributed by atoms with van der Waals surface area (Å²) in [6.45, 7) is 1.80. The van der Waals surface area contributed by atoms with Crippen molar-refractivity contribution in [1.82, 2.24) is 5.32 Å². The molecule has 2 aliphatic rings. The number of aliphatic imine (C=N–C) groups is 1. The van der Waals surface area contributed by atoms with E-state index in [1.54, 1.807) is 0 Å². The van der Waals surface area contributed by atoms with Crippen molar-refractivity contribution in [2.45, 2.75) is 12.2 Å². The second kappa shape index (κ2) is 7.79. The third kappa shape index (κ3) is 4.07. The number of epoxide rings is 1. The molecule has 0 aliphatic carbocycles. The number of amidine groups is 1. The van der Waals surface area contributed by atoms with E-state index in [9.17, 15) is 0 Å². The Morgan fingerprint density at radius 2 is 1.62 bits per heavy atom. The molecular formula is C19H18N2O5. The van der Waals surface area contributed by atoms with Crippen molar-refractivity contribution in [2.24, 2.45) is 4.99 Å². The summed E-state index contributed by atoms with van der Waals surface area (Å²) in [5.74, 6) is -2.64. The smallest absolute Gasteiger partial charge is 0.414 e. The minimum Gasteiger partial charge on any atom is -0.473 e. The van der Waals surface area contributed by atoms with E-state index in [1.165, 1.54) is 16.7 Å². The number of carboxylic acids is 2. The Hall–Kier alpha value is -3.19. The van der Waals surface area contributed by atoms with E-state index >= 15 is 0 Å². The van der Waals surface area contributed by atoms with Crippen LogP contribution in [-0.4, -0.2) is 47.2 Å². The molecule has 2 aliphatic heterocycles. The maximum absolute atomic E-state index is 9.10. The van der Waals surface area contributed by atoms with Gasteiger partial charge in [-0.25, -0.2) is 9.59 Å². The Morgan fingerprint density at radius 1 is 0.962 bits per heavy atom. The first-order chi connectivity index (χ1) is 12.6. The quantitative estimate of drug-likeness (QED) is 0.574. The molecule has 0 amide bonds. The lowest BCUT2D eigenvalue weighted by molar-refractivity contribution is -0.159. The highest BCUT2D eigenvalue weighted by Crippen LogP contribution is 2.43. The van der Waals surface area contributed by atoms with E-state index in [0.29, 0.717) is 0 Å². The summed E-state index contributed by atoms with van der Waals surface area (Å²) in [5, 5.41) is 18.1. The molecule has 4 rings (SSSR count). The molecule has 134 valence electrons. The number of carboxylic acid groups (broad SMARTS) is 2. The average Bonchev–Trinajstić information content (AvgIpc) is 3.27. The van der Waals surface area contributed by atoms with Crippen LogP contribution in [0.25, 0.3) is 11.1 Å². The SMILES string of the molecule is O=C(O)C(=O)O.c1ccc(-c2ccccc2[C@@H]2O[C@@H]2C2=NCCN2)cc1. The number of carbonyl (C=O) groups is 2. The van der Waals surface area contributed by atoms with Crippen LogP contribution >= 0.6 is 0 Å². The van der Waals surface area contributed by atoms with Crippen LogP contribution in [0, 0.1) is 0 Å². The van der Waals surface area contributed by atoms with Crippen molar-refractivity contribution in [3.8, 4) is 11.1 Å². The molecule has 1 fully saturated rings. The van der Waals surface area contributed by atoms with E-state index in [1.807, 2.05) is 6.07 Å². The fraction of sp³-hybridized carbons (Fsp3) is 0.211. The van der Waals surface area contributed by atoms with E-state index in [0.717, 1.165) is 18.9 Å². The third-order valence-corrected chi connectivity index (χ3v) is 4.00. The fourth-order valence-corrected chi connectivity index (χ4v) is 2.79. The molecule has 0 aromatic heterocycles. The maximum atomic E-state index is 9.10. The third-order valence-electron chi connectivity index (χ3n) is 4.00. The van der Waals surface area contributed by atoms with Crippen LogP contribution in [0.1, 0.15) is 11.7 Å². The number of rotatable bonds is 3. The summed E-state index contributed by atoms with van der Waals surface area (Å²) in [7, 11) is 0. The normalized spacial score (nSPS) is 20.2. The number of aliphatic carboxylic acids is 2. The van der Waals surface area contributed by atoms with Gasteiger partial charge in [0.2, 0.25) is 0 Å². The molecule has 26 heavy (non-hydrogen) atoms. The number of nitrogens with one attached hydrogen (secondary N) is 1. The Kier molecular flexibility index (Phi) is 5.28. The Labute approximate surface area is 150 Å². The minimum absolute atomic E-state index is 0.113. The molecule has 0 radical (unpaired) electrons. The number of nitrogens with zero attached hydrogens (tertiary/aromatic N) is 1. The van der Waals surface area contributed by atoms with E-state index in [-0.39, 0.29) is 12.2 Å². The van der Waals surface area contributed by atoms with Crippen LogP contribution < -0.4 is 5.32 Å². The highest BCUT2D eigenvalue weighted by atomic mass is 16.6. The molecule has 2 atom stereocenters. The fourth-order valence-electron chi connectivity index (χ4n) is 2.79. The van der Waals surface area contributed by atoms with Gasteiger partial charge in [0.15, 0.2) is 0 Å². The van der Waals surface area contributed by atoms with Crippen LogP contribution in [0.3, 0.4) is 0 Å². The van der Waals surface area contributed by atoms with Gasteiger partial charge in [-0.15, -0.1) is 0 Å². The van der Waals surface area contributed by atoms with Crippen molar-refractivity contribution in [3.05, 3.63) is 60.2 Å². The van der Waals surface area contributed by atoms with Gasteiger partial charge in [-0.1, -0.05) is 54.6 Å². The highest BCUT2D eigenvalue weighted by molar-refractivity contribution is 6.27. The number of hydrogen-bond acceptors (Lipinski definition) is 5. The zero-order chi connectivity index (χ0) is 18.5. The van der Waals surface area contributed by atoms with Crippen LogP contribution in [0.4, 0.5) is 0 Å². The molecule has 0 bridgehead atoms. The monoisotopic (exact) mass is 354 g/mol. The Morgan fingerprint density at radius 3 is 2.23 bits per heavy atom. The van der Waals surface area contributed by atoms with Gasteiger partial charge in [0, 0.05) is 6.54 Å². The maximum Gasteiger partial charge on any atom is 0.414 e. The molecule has 0 saturated carbocycles. The van der Waals surface area contributed by atoms with Gasteiger partial charge in [0.25, 0.3) is 0 Å². The molecule has 7 nitrogen and oxygen atoms in total. The lowest BCUT2D eigenvalue weighted by Gasteiger charge is -2.07. The summed E-state index contributed by atoms with van der Waals surface area (Å²) in [4.78, 5) is 22.7. The second-order valence-corrected chi connectivity index (χ2v) is 5.73. The van der Waals surface area contributed by atoms with Gasteiger partial charge >= 0.3 is 11.9 Å². The summed E-state index contributed by atoms with van der Waals surface area (Å²) in [6, 6.07) is 18.9. The largest absolute Gasteiger partial charge is 0.473 e. The average molecular weight is 354 g/mol. The van der Waals surface area contributed by atoms with Gasteiger partial charge in [-0.2, -0.15) is 0 Å². The number of benzene rings is 2. The predicted octanol–water partition coefficient (Wildman–Crippen LogP) is 1.95. The zero-order valence-electron chi connectivity index (χ0n) is 13.8. The summed E-state index contributed by atoms with van der Waals surface area (Å²) < 4.78 is 5.86. The lowest BCUT2D eigenvalue weighted by atomic mass is 9.96. The molecular weight excluding hydrogens is 336 g/mol. The van der Waals surface area contributed by atoms with Gasteiger partial charge in [0.05, 0.1) is 6.54 Å². The zero-order valence-corrected chi connectivity index (χ0v) is 13.8. The molecule has 0 spiro atoms. The summed E-state index contributed by atoms with van der Waals surface area (Å²) >= 11 is 0. The van der Waals surface area contributed by atoms with Crippen molar-refractivity contribution >= 4 is 17.8 Å². The van der Waals surface area contributed by atoms with Crippen LogP contribution in [0.2, 0.25) is 0 Å². The van der Waals surface area contributed by atoms with Crippen molar-refractivity contribution in [1.29, 1.82) is 0 Å². The first-order valence-corrected chi connectivity index (χ1v) is 8.12. The van der Waals surface area contributed by atoms with Crippen molar-refractivity contribution in [2.75, 3.05) is 13.1 Å². The molecule has 2 aromatic carbocycles. The number of hydrogen-bond donors (Lipinski definition) is 3. The van der Waals surface area contributed by atoms with Gasteiger partial charge in [0.1, 0.15) is 18.0 Å². The Balaban J connectivity index is 0.000000286. The Bertz CT molecular complexity index is 823. The van der Waals surface area contributed by atoms with E-state index in [2.05, 4.69) is 58.8 Å². The summed E-state index contributed by atoms with van der Waals surface area (Å²) in [6.07, 6.45) is 0.248. The molecule has 3 N–H and O–H groups in total. The minimum atomic E-state index is -1.82. The van der Waals surface area contributed by atoms with Gasteiger partial charge < -0.3 is 20.3 Å². The molecule has 2 aromatic rings.